The molecular weight excluding hydrogens is 458 g/mol. The number of hydrogen-bond acceptors (Lipinski definition) is 4. The molecule has 1 saturated carbocycles. The smallest absolute Gasteiger partial charge is 0.266 e. The number of benzene rings is 1. The Balaban J connectivity index is 1.45. The number of nitrogens with one attached hydrogen (secondary N) is 1. The lowest BCUT2D eigenvalue weighted by molar-refractivity contribution is 0.0257. The van der Waals surface area contributed by atoms with Crippen molar-refractivity contribution in [1.82, 2.24) is 19.2 Å². The number of imidazole rings is 1. The van der Waals surface area contributed by atoms with Gasteiger partial charge in [-0.2, -0.15) is 5.10 Å². The van der Waals surface area contributed by atoms with Crippen LogP contribution in [-0.2, 0) is 0 Å². The molecule has 2 aliphatic heterocycles. The Bertz CT molecular complexity index is 1550. The van der Waals surface area contributed by atoms with Gasteiger partial charge in [0.05, 0.1) is 12.2 Å². The van der Waals surface area contributed by atoms with Gasteiger partial charge in [-0.1, -0.05) is 30.3 Å². The van der Waals surface area contributed by atoms with E-state index in [0.717, 1.165) is 70.2 Å². The summed E-state index contributed by atoms with van der Waals surface area (Å²) < 4.78 is 32.7. The molecule has 0 radical (unpaired) electrons. The maximum atomic E-state index is 14.4. The predicted octanol–water partition coefficient (Wildman–Crippen LogP) is 6.29. The second-order valence-electron chi connectivity index (χ2n) is 9.89. The monoisotopic (exact) mass is 484 g/mol. The Hall–Kier alpha value is -3.94. The number of halogens is 2. The number of alkyl halides is 2. The summed E-state index contributed by atoms with van der Waals surface area (Å²) >= 11 is 0. The standard InChI is InChI=1S/C28H26F2N6/c1-18-23(21-10-11-22-31-13-15-34(22)16-21)25(20-8-5-9-20)36-27(32-18)26(35-14-12-28(29,30)17-35)24(33-36)19-6-3-2-4-7-19/h2-4,6-7,10-11,13,15-16,32H,5,8-9,12,14,17H2,1H3. The van der Waals surface area contributed by atoms with E-state index >= 15 is 0 Å². The van der Waals surface area contributed by atoms with Gasteiger partial charge in [-0.15, -0.1) is 0 Å². The van der Waals surface area contributed by atoms with E-state index in [1.807, 2.05) is 51.7 Å². The van der Waals surface area contributed by atoms with Crippen molar-refractivity contribution < 1.29 is 8.78 Å². The van der Waals surface area contributed by atoms with Crippen LogP contribution in [0.15, 0.2) is 72.3 Å². The Morgan fingerprint density at radius 1 is 1.03 bits per heavy atom. The number of allylic oxidation sites excluding steroid dienone is 4. The molecule has 6 nitrogen and oxygen atoms in total. The average molecular weight is 485 g/mol. The van der Waals surface area contributed by atoms with E-state index in [2.05, 4.69) is 29.5 Å². The van der Waals surface area contributed by atoms with Gasteiger partial charge in [0.15, 0.2) is 5.82 Å². The summed E-state index contributed by atoms with van der Waals surface area (Å²) in [5, 5.41) is 8.70. The van der Waals surface area contributed by atoms with E-state index in [9.17, 15) is 8.78 Å². The van der Waals surface area contributed by atoms with E-state index in [1.54, 1.807) is 11.1 Å². The molecule has 0 amide bonds. The van der Waals surface area contributed by atoms with E-state index in [1.165, 1.54) is 5.57 Å². The molecule has 1 aliphatic carbocycles. The van der Waals surface area contributed by atoms with Crippen LogP contribution >= 0.6 is 0 Å². The lowest BCUT2D eigenvalue weighted by Gasteiger charge is -2.31. The lowest BCUT2D eigenvalue weighted by atomic mass is 9.85. The van der Waals surface area contributed by atoms with Gasteiger partial charge in [0.25, 0.3) is 5.92 Å². The first-order valence-electron chi connectivity index (χ1n) is 12.4. The summed E-state index contributed by atoms with van der Waals surface area (Å²) in [5.41, 5.74) is 8.85. The van der Waals surface area contributed by atoms with Crippen LogP contribution in [0.5, 0.6) is 0 Å². The Kier molecular flexibility index (Phi) is 4.61. The van der Waals surface area contributed by atoms with Crippen LogP contribution in [0.4, 0.5) is 20.3 Å². The first-order chi connectivity index (χ1) is 17.5. The lowest BCUT2D eigenvalue weighted by Crippen LogP contribution is -2.26. The third kappa shape index (κ3) is 3.27. The van der Waals surface area contributed by atoms with Crippen molar-refractivity contribution in [2.75, 3.05) is 23.3 Å². The van der Waals surface area contributed by atoms with Crippen LogP contribution in [-0.4, -0.2) is 38.2 Å². The molecule has 1 N–H and O–H groups in total. The largest absolute Gasteiger partial charge is 0.360 e. The Morgan fingerprint density at radius 2 is 1.86 bits per heavy atom. The third-order valence-electron chi connectivity index (χ3n) is 7.49. The van der Waals surface area contributed by atoms with E-state index in [0.29, 0.717) is 6.54 Å². The normalized spacial score (nSPS) is 19.0. The number of pyridine rings is 1. The average Bonchev–Trinajstić information content (AvgIpc) is 3.54. The summed E-state index contributed by atoms with van der Waals surface area (Å²) in [7, 11) is 0. The van der Waals surface area contributed by atoms with Crippen LogP contribution in [0, 0.1) is 0 Å². The molecule has 8 heteroatoms. The number of nitrogens with zero attached hydrogens (tertiary/aromatic N) is 5. The maximum absolute atomic E-state index is 14.4. The molecule has 36 heavy (non-hydrogen) atoms. The van der Waals surface area contributed by atoms with Gasteiger partial charge in [-0.25, -0.2) is 18.4 Å². The molecule has 1 saturated heterocycles. The van der Waals surface area contributed by atoms with Crippen LogP contribution in [0.3, 0.4) is 0 Å². The molecule has 0 spiro atoms. The van der Waals surface area contributed by atoms with Gasteiger partial charge in [0, 0.05) is 54.0 Å². The molecule has 7 rings (SSSR count). The molecule has 3 aromatic heterocycles. The molecule has 3 aliphatic rings. The SMILES string of the molecule is CC1=C(c2ccc3nccn3c2)C(=C2CCC2)n2nc(-c3ccccc3)c(N3CCC(F)(F)C3)c2N1. The Morgan fingerprint density at radius 3 is 2.58 bits per heavy atom. The summed E-state index contributed by atoms with van der Waals surface area (Å²) in [5.74, 6) is -1.94. The van der Waals surface area contributed by atoms with Crippen molar-refractivity contribution in [1.29, 1.82) is 0 Å². The van der Waals surface area contributed by atoms with Crippen LogP contribution in [0.2, 0.25) is 0 Å². The minimum absolute atomic E-state index is 0.148. The van der Waals surface area contributed by atoms with Gasteiger partial charge < -0.3 is 14.6 Å². The quantitative estimate of drug-likeness (QED) is 0.371. The van der Waals surface area contributed by atoms with Crippen molar-refractivity contribution in [3.05, 3.63) is 77.9 Å². The van der Waals surface area contributed by atoms with Crippen LogP contribution in [0.1, 0.15) is 38.2 Å². The minimum atomic E-state index is -2.71. The number of rotatable bonds is 3. The summed E-state index contributed by atoms with van der Waals surface area (Å²) in [6, 6.07) is 14.0. The van der Waals surface area contributed by atoms with E-state index < -0.39 is 5.92 Å². The highest BCUT2D eigenvalue weighted by Crippen LogP contribution is 2.49. The van der Waals surface area contributed by atoms with Gasteiger partial charge in [0.2, 0.25) is 0 Å². The third-order valence-corrected chi connectivity index (χ3v) is 7.49. The van der Waals surface area contributed by atoms with E-state index in [4.69, 9.17) is 5.10 Å². The number of hydrogen-bond donors (Lipinski definition) is 1. The second kappa shape index (κ2) is 7.78. The maximum Gasteiger partial charge on any atom is 0.266 e. The molecule has 1 aromatic carbocycles. The second-order valence-corrected chi connectivity index (χ2v) is 9.89. The molecule has 0 unspecified atom stereocenters. The molecule has 182 valence electrons. The number of anilines is 2. The summed E-state index contributed by atoms with van der Waals surface area (Å²) in [4.78, 5) is 6.18. The molecule has 2 fully saturated rings. The zero-order valence-corrected chi connectivity index (χ0v) is 20.0. The van der Waals surface area contributed by atoms with Crippen LogP contribution in [0.25, 0.3) is 28.2 Å². The van der Waals surface area contributed by atoms with Gasteiger partial charge in [0.1, 0.15) is 17.0 Å². The fraction of sp³-hybridized carbons (Fsp3) is 0.286. The summed E-state index contributed by atoms with van der Waals surface area (Å²) in [6.07, 6.45) is 8.85. The van der Waals surface area contributed by atoms with E-state index in [-0.39, 0.29) is 13.0 Å². The summed E-state index contributed by atoms with van der Waals surface area (Å²) in [6.45, 7) is 2.06. The molecule has 0 bridgehead atoms. The first kappa shape index (κ1) is 21.4. The number of fused-ring (bicyclic) bond motifs is 2. The highest BCUT2D eigenvalue weighted by Gasteiger charge is 2.42. The minimum Gasteiger partial charge on any atom is -0.360 e. The van der Waals surface area contributed by atoms with Crippen molar-refractivity contribution in [2.45, 2.75) is 38.5 Å². The number of aromatic nitrogens is 4. The van der Waals surface area contributed by atoms with Crippen molar-refractivity contribution in [2.24, 2.45) is 0 Å². The van der Waals surface area contributed by atoms with Crippen molar-refractivity contribution >= 4 is 28.4 Å². The van der Waals surface area contributed by atoms with Crippen molar-refractivity contribution in [3.63, 3.8) is 0 Å². The van der Waals surface area contributed by atoms with Gasteiger partial charge in [-0.3, -0.25) is 0 Å². The fourth-order valence-electron chi connectivity index (χ4n) is 5.56. The fourth-order valence-corrected chi connectivity index (χ4v) is 5.56. The molecule has 5 heterocycles. The first-order valence-corrected chi connectivity index (χ1v) is 12.4. The van der Waals surface area contributed by atoms with Gasteiger partial charge >= 0.3 is 0 Å². The Labute approximate surface area is 207 Å². The molecular formula is C28H26F2N6. The van der Waals surface area contributed by atoms with Gasteiger partial charge in [-0.05, 0) is 43.9 Å². The molecule has 0 atom stereocenters. The topological polar surface area (TPSA) is 50.4 Å². The zero-order valence-electron chi connectivity index (χ0n) is 20.0. The van der Waals surface area contributed by atoms with Crippen LogP contribution < -0.4 is 10.2 Å². The highest BCUT2D eigenvalue weighted by molar-refractivity contribution is 6.06. The highest BCUT2D eigenvalue weighted by atomic mass is 19.3. The zero-order chi connectivity index (χ0) is 24.4. The molecule has 4 aromatic rings. The predicted molar refractivity (Wildman–Crippen MR) is 138 cm³/mol. The van der Waals surface area contributed by atoms with Crippen molar-refractivity contribution in [3.8, 4) is 11.3 Å².